The molecule has 17 heavy (non-hydrogen) atoms. The zero-order valence-electron chi connectivity index (χ0n) is 9.98. The molecular weight excluding hydrogens is 232 g/mol. The lowest BCUT2D eigenvalue weighted by Gasteiger charge is -2.36. The number of hydrogen-bond acceptors (Lipinski definition) is 3. The normalized spacial score (nSPS) is 22.9. The van der Waals surface area contributed by atoms with Gasteiger partial charge in [0, 0.05) is 23.9 Å². The van der Waals surface area contributed by atoms with Crippen molar-refractivity contribution in [2.75, 3.05) is 11.9 Å². The summed E-state index contributed by atoms with van der Waals surface area (Å²) < 4.78 is 5.52. The number of thiocarbonyl (C=S) groups is 1. The highest BCUT2D eigenvalue weighted by molar-refractivity contribution is 7.80. The fraction of sp³-hybridized carbons (Fsp3) is 0.462. The van der Waals surface area contributed by atoms with E-state index in [1.807, 2.05) is 31.2 Å². The van der Waals surface area contributed by atoms with Gasteiger partial charge in [-0.05, 0) is 44.0 Å². The van der Waals surface area contributed by atoms with Crippen LogP contribution in [0.1, 0.15) is 25.3 Å². The van der Waals surface area contributed by atoms with E-state index in [1.165, 1.54) is 0 Å². The summed E-state index contributed by atoms with van der Waals surface area (Å²) in [7, 11) is 0. The van der Waals surface area contributed by atoms with Crippen LogP contribution < -0.4 is 11.1 Å². The molecule has 0 aliphatic heterocycles. The van der Waals surface area contributed by atoms with Crippen LogP contribution in [0.15, 0.2) is 24.3 Å². The van der Waals surface area contributed by atoms with Crippen molar-refractivity contribution >= 4 is 22.9 Å². The SMILES string of the molecule is CCOC1CC(Nc2ccc(C(N)=S)cc2)C1. The van der Waals surface area contributed by atoms with Crippen molar-refractivity contribution in [2.24, 2.45) is 5.73 Å². The first-order valence-corrected chi connectivity index (χ1v) is 6.38. The second-order valence-electron chi connectivity index (χ2n) is 4.33. The van der Waals surface area contributed by atoms with Crippen molar-refractivity contribution in [3.05, 3.63) is 29.8 Å². The third-order valence-electron chi connectivity index (χ3n) is 3.04. The molecule has 1 fully saturated rings. The number of rotatable bonds is 5. The summed E-state index contributed by atoms with van der Waals surface area (Å²) in [6.45, 7) is 2.84. The molecule has 0 unspecified atom stereocenters. The number of nitrogens with two attached hydrogens (primary N) is 1. The van der Waals surface area contributed by atoms with Gasteiger partial charge in [-0.1, -0.05) is 12.2 Å². The molecule has 0 amide bonds. The second-order valence-corrected chi connectivity index (χ2v) is 4.77. The molecule has 92 valence electrons. The van der Waals surface area contributed by atoms with E-state index in [4.69, 9.17) is 22.7 Å². The first-order chi connectivity index (χ1) is 8.19. The Kier molecular flexibility index (Phi) is 3.97. The van der Waals surface area contributed by atoms with Crippen LogP contribution in [-0.4, -0.2) is 23.7 Å². The molecule has 0 bridgehead atoms. The third kappa shape index (κ3) is 3.17. The van der Waals surface area contributed by atoms with Crippen molar-refractivity contribution in [2.45, 2.75) is 31.9 Å². The van der Waals surface area contributed by atoms with Gasteiger partial charge in [-0.3, -0.25) is 0 Å². The molecule has 4 heteroatoms. The van der Waals surface area contributed by atoms with Gasteiger partial charge in [0.25, 0.3) is 0 Å². The van der Waals surface area contributed by atoms with Crippen molar-refractivity contribution in [1.82, 2.24) is 0 Å². The Balaban J connectivity index is 1.82. The van der Waals surface area contributed by atoms with Crippen LogP contribution in [0.5, 0.6) is 0 Å². The fourth-order valence-corrected chi connectivity index (χ4v) is 2.16. The minimum absolute atomic E-state index is 0.438. The van der Waals surface area contributed by atoms with Gasteiger partial charge in [0.15, 0.2) is 0 Å². The van der Waals surface area contributed by atoms with E-state index in [0.29, 0.717) is 17.1 Å². The fourth-order valence-electron chi connectivity index (χ4n) is 2.02. The van der Waals surface area contributed by atoms with Gasteiger partial charge < -0.3 is 15.8 Å². The van der Waals surface area contributed by atoms with Gasteiger partial charge in [-0.25, -0.2) is 0 Å². The van der Waals surface area contributed by atoms with Crippen molar-refractivity contribution in [3.63, 3.8) is 0 Å². The van der Waals surface area contributed by atoms with Crippen LogP contribution >= 0.6 is 12.2 Å². The molecule has 1 aromatic rings. The maximum absolute atomic E-state index is 5.55. The lowest BCUT2D eigenvalue weighted by Crippen LogP contribution is -2.40. The van der Waals surface area contributed by atoms with Gasteiger partial charge in [0.2, 0.25) is 0 Å². The number of benzene rings is 1. The van der Waals surface area contributed by atoms with E-state index in [0.717, 1.165) is 30.7 Å². The molecule has 0 saturated heterocycles. The maximum atomic E-state index is 5.55. The Morgan fingerprint density at radius 3 is 2.59 bits per heavy atom. The van der Waals surface area contributed by atoms with E-state index >= 15 is 0 Å². The van der Waals surface area contributed by atoms with E-state index in [1.54, 1.807) is 0 Å². The molecule has 1 saturated carbocycles. The quantitative estimate of drug-likeness (QED) is 0.787. The lowest BCUT2D eigenvalue weighted by molar-refractivity contribution is 0.00299. The van der Waals surface area contributed by atoms with Gasteiger partial charge >= 0.3 is 0 Å². The highest BCUT2D eigenvalue weighted by Gasteiger charge is 2.29. The molecule has 3 N–H and O–H groups in total. The number of ether oxygens (including phenoxy) is 1. The topological polar surface area (TPSA) is 47.3 Å². The predicted octanol–water partition coefficient (Wildman–Crippen LogP) is 2.30. The summed E-state index contributed by atoms with van der Waals surface area (Å²) in [5.74, 6) is 0. The second kappa shape index (κ2) is 5.47. The van der Waals surface area contributed by atoms with E-state index in [2.05, 4.69) is 5.32 Å². The molecular formula is C13H18N2OS. The van der Waals surface area contributed by atoms with Gasteiger partial charge in [0.05, 0.1) is 6.10 Å². The summed E-state index contributed by atoms with van der Waals surface area (Å²) >= 11 is 4.91. The number of anilines is 1. The van der Waals surface area contributed by atoms with Gasteiger partial charge in [0.1, 0.15) is 4.99 Å². The van der Waals surface area contributed by atoms with Crippen molar-refractivity contribution in [1.29, 1.82) is 0 Å². The predicted molar refractivity (Wildman–Crippen MR) is 74.4 cm³/mol. The van der Waals surface area contributed by atoms with Crippen LogP contribution in [0.25, 0.3) is 0 Å². The lowest BCUT2D eigenvalue weighted by atomic mass is 9.89. The zero-order valence-corrected chi connectivity index (χ0v) is 10.8. The van der Waals surface area contributed by atoms with Gasteiger partial charge in [-0.2, -0.15) is 0 Å². The Bertz CT molecular complexity index is 385. The minimum Gasteiger partial charge on any atom is -0.389 e. The monoisotopic (exact) mass is 250 g/mol. The average molecular weight is 250 g/mol. The number of nitrogens with one attached hydrogen (secondary N) is 1. The van der Waals surface area contributed by atoms with Crippen LogP contribution in [0.4, 0.5) is 5.69 Å². The summed E-state index contributed by atoms with van der Waals surface area (Å²) in [6, 6.07) is 8.46. The maximum Gasteiger partial charge on any atom is 0.103 e. The summed E-state index contributed by atoms with van der Waals surface area (Å²) in [5, 5.41) is 3.47. The molecule has 1 aliphatic rings. The van der Waals surface area contributed by atoms with E-state index < -0.39 is 0 Å². The first kappa shape index (κ1) is 12.3. The summed E-state index contributed by atoms with van der Waals surface area (Å²) in [5.41, 5.74) is 7.57. The molecule has 0 radical (unpaired) electrons. The Morgan fingerprint density at radius 1 is 1.41 bits per heavy atom. The molecule has 0 atom stereocenters. The molecule has 3 nitrogen and oxygen atoms in total. The molecule has 1 aliphatic carbocycles. The molecule has 1 aromatic carbocycles. The van der Waals surface area contributed by atoms with Crippen LogP contribution in [0.2, 0.25) is 0 Å². The average Bonchev–Trinajstić information content (AvgIpc) is 2.27. The Morgan fingerprint density at radius 2 is 2.06 bits per heavy atom. The highest BCUT2D eigenvalue weighted by atomic mass is 32.1. The van der Waals surface area contributed by atoms with Crippen LogP contribution in [0.3, 0.4) is 0 Å². The molecule has 0 aromatic heterocycles. The summed E-state index contributed by atoms with van der Waals surface area (Å²) in [4.78, 5) is 0.441. The minimum atomic E-state index is 0.438. The zero-order chi connectivity index (χ0) is 12.3. The largest absolute Gasteiger partial charge is 0.389 e. The van der Waals surface area contributed by atoms with Crippen LogP contribution in [-0.2, 0) is 4.74 Å². The third-order valence-corrected chi connectivity index (χ3v) is 3.27. The van der Waals surface area contributed by atoms with E-state index in [9.17, 15) is 0 Å². The van der Waals surface area contributed by atoms with Crippen molar-refractivity contribution < 1.29 is 4.74 Å². The van der Waals surface area contributed by atoms with Gasteiger partial charge in [-0.15, -0.1) is 0 Å². The number of hydrogen-bond donors (Lipinski definition) is 2. The molecule has 0 heterocycles. The molecule has 2 rings (SSSR count). The summed E-state index contributed by atoms with van der Waals surface area (Å²) in [6.07, 6.45) is 2.61. The Hall–Kier alpha value is -1.13. The van der Waals surface area contributed by atoms with Crippen LogP contribution in [0, 0.1) is 0 Å². The van der Waals surface area contributed by atoms with E-state index in [-0.39, 0.29) is 0 Å². The smallest absolute Gasteiger partial charge is 0.103 e. The molecule has 0 spiro atoms. The first-order valence-electron chi connectivity index (χ1n) is 5.97. The Labute approximate surface area is 107 Å². The highest BCUT2D eigenvalue weighted by Crippen LogP contribution is 2.26. The van der Waals surface area contributed by atoms with Crippen molar-refractivity contribution in [3.8, 4) is 0 Å². The standard InChI is InChI=1S/C13H18N2OS/c1-2-16-12-7-11(8-12)15-10-5-3-9(4-6-10)13(14)17/h3-6,11-12,15H,2,7-8H2,1H3,(H2,14,17).